The second-order valence-corrected chi connectivity index (χ2v) is 4.26. The lowest BCUT2D eigenvalue weighted by molar-refractivity contribution is 0.222. The van der Waals surface area contributed by atoms with E-state index in [0.717, 1.165) is 31.5 Å². The maximum atomic E-state index is 11.8. The van der Waals surface area contributed by atoms with Crippen molar-refractivity contribution in [2.45, 2.75) is 33.1 Å². The molecule has 1 aromatic carbocycles. The molecular weight excluding hydrogens is 212 g/mol. The standard InChI is InChI=1S/C14H22N2O/c1-4-6-11-16(3)14(17)15-13-9-7-12(5-2)8-10-13/h7-10H,4-6,11H2,1-3H3,(H,15,17). The Morgan fingerprint density at radius 3 is 2.41 bits per heavy atom. The molecule has 0 aliphatic rings. The maximum Gasteiger partial charge on any atom is 0.321 e. The molecule has 94 valence electrons. The third kappa shape index (κ3) is 4.47. The monoisotopic (exact) mass is 234 g/mol. The van der Waals surface area contributed by atoms with Crippen LogP contribution in [0.25, 0.3) is 0 Å². The number of carbonyl (C=O) groups excluding carboxylic acids is 1. The average molecular weight is 234 g/mol. The fourth-order valence-electron chi connectivity index (χ4n) is 1.54. The summed E-state index contributed by atoms with van der Waals surface area (Å²) < 4.78 is 0. The van der Waals surface area contributed by atoms with Crippen molar-refractivity contribution in [3.8, 4) is 0 Å². The van der Waals surface area contributed by atoms with E-state index in [1.165, 1.54) is 5.56 Å². The second kappa shape index (κ2) is 6.94. The Balaban J connectivity index is 2.49. The Labute approximate surface area is 104 Å². The second-order valence-electron chi connectivity index (χ2n) is 4.26. The third-order valence-corrected chi connectivity index (χ3v) is 2.81. The van der Waals surface area contributed by atoms with Gasteiger partial charge in [-0.2, -0.15) is 0 Å². The molecule has 0 radical (unpaired) electrons. The van der Waals surface area contributed by atoms with E-state index in [1.807, 2.05) is 31.3 Å². The van der Waals surface area contributed by atoms with Crippen molar-refractivity contribution < 1.29 is 4.79 Å². The summed E-state index contributed by atoms with van der Waals surface area (Å²) in [4.78, 5) is 13.5. The molecule has 1 N–H and O–H groups in total. The highest BCUT2D eigenvalue weighted by atomic mass is 16.2. The molecule has 0 bridgehead atoms. The van der Waals surface area contributed by atoms with E-state index >= 15 is 0 Å². The first-order valence-corrected chi connectivity index (χ1v) is 6.28. The molecule has 0 saturated heterocycles. The van der Waals surface area contributed by atoms with E-state index in [1.54, 1.807) is 4.90 Å². The predicted octanol–water partition coefficient (Wildman–Crippen LogP) is 3.51. The van der Waals surface area contributed by atoms with Crippen molar-refractivity contribution in [2.75, 3.05) is 18.9 Å². The smallest absolute Gasteiger partial charge is 0.321 e. The zero-order valence-corrected chi connectivity index (χ0v) is 11.0. The molecular formula is C14H22N2O. The zero-order valence-electron chi connectivity index (χ0n) is 11.0. The fraction of sp³-hybridized carbons (Fsp3) is 0.500. The van der Waals surface area contributed by atoms with Crippen LogP contribution in [0.4, 0.5) is 10.5 Å². The van der Waals surface area contributed by atoms with Crippen molar-refractivity contribution in [1.29, 1.82) is 0 Å². The van der Waals surface area contributed by atoms with Gasteiger partial charge < -0.3 is 10.2 Å². The third-order valence-electron chi connectivity index (χ3n) is 2.81. The summed E-state index contributed by atoms with van der Waals surface area (Å²) in [6, 6.07) is 7.95. The minimum atomic E-state index is -0.0392. The summed E-state index contributed by atoms with van der Waals surface area (Å²) in [7, 11) is 1.82. The molecule has 17 heavy (non-hydrogen) atoms. The number of anilines is 1. The highest BCUT2D eigenvalue weighted by Crippen LogP contribution is 2.10. The van der Waals surface area contributed by atoms with Crippen molar-refractivity contribution in [1.82, 2.24) is 4.90 Å². The number of amides is 2. The van der Waals surface area contributed by atoms with Crippen LogP contribution in [0.3, 0.4) is 0 Å². The number of rotatable bonds is 5. The van der Waals surface area contributed by atoms with Crippen molar-refractivity contribution in [3.05, 3.63) is 29.8 Å². The van der Waals surface area contributed by atoms with Crippen LogP contribution < -0.4 is 5.32 Å². The Kier molecular flexibility index (Phi) is 5.53. The summed E-state index contributed by atoms with van der Waals surface area (Å²) in [5, 5.41) is 2.89. The molecule has 0 heterocycles. The van der Waals surface area contributed by atoms with Crippen molar-refractivity contribution >= 4 is 11.7 Å². The summed E-state index contributed by atoms with van der Waals surface area (Å²) in [5.41, 5.74) is 2.14. The van der Waals surface area contributed by atoms with Gasteiger partial charge in [0.2, 0.25) is 0 Å². The van der Waals surface area contributed by atoms with Crippen LogP contribution in [0.15, 0.2) is 24.3 Å². The maximum absolute atomic E-state index is 11.8. The van der Waals surface area contributed by atoms with Crippen LogP contribution >= 0.6 is 0 Å². The first kappa shape index (κ1) is 13.6. The topological polar surface area (TPSA) is 32.3 Å². The number of aryl methyl sites for hydroxylation is 1. The van der Waals surface area contributed by atoms with E-state index < -0.39 is 0 Å². The molecule has 0 unspecified atom stereocenters. The van der Waals surface area contributed by atoms with Crippen molar-refractivity contribution in [2.24, 2.45) is 0 Å². The molecule has 0 atom stereocenters. The molecule has 3 nitrogen and oxygen atoms in total. The van der Waals surface area contributed by atoms with Crippen LogP contribution in [0, 0.1) is 0 Å². The normalized spacial score (nSPS) is 10.1. The molecule has 1 rings (SSSR count). The van der Waals surface area contributed by atoms with E-state index in [2.05, 4.69) is 19.2 Å². The van der Waals surface area contributed by atoms with Crippen LogP contribution in [-0.2, 0) is 6.42 Å². The van der Waals surface area contributed by atoms with E-state index in [9.17, 15) is 4.79 Å². The minimum Gasteiger partial charge on any atom is -0.328 e. The number of hydrogen-bond donors (Lipinski definition) is 1. The van der Waals surface area contributed by atoms with Gasteiger partial charge in [0.15, 0.2) is 0 Å². The Morgan fingerprint density at radius 1 is 1.24 bits per heavy atom. The average Bonchev–Trinajstić information content (AvgIpc) is 2.36. The molecule has 1 aromatic rings. The molecule has 0 aliphatic carbocycles. The van der Waals surface area contributed by atoms with Crippen LogP contribution in [0.2, 0.25) is 0 Å². The largest absolute Gasteiger partial charge is 0.328 e. The quantitative estimate of drug-likeness (QED) is 0.830. The fourth-order valence-corrected chi connectivity index (χ4v) is 1.54. The number of carbonyl (C=O) groups is 1. The van der Waals surface area contributed by atoms with Gasteiger partial charge in [0.05, 0.1) is 0 Å². The molecule has 0 aromatic heterocycles. The Bertz CT molecular complexity index is 346. The summed E-state index contributed by atoms with van der Waals surface area (Å²) in [6.45, 7) is 5.04. The number of unbranched alkanes of at least 4 members (excludes halogenated alkanes) is 1. The lowest BCUT2D eigenvalue weighted by Gasteiger charge is -2.17. The molecule has 0 aliphatic heterocycles. The van der Waals surface area contributed by atoms with E-state index in [-0.39, 0.29) is 6.03 Å². The minimum absolute atomic E-state index is 0.0392. The zero-order chi connectivity index (χ0) is 12.7. The van der Waals surface area contributed by atoms with Gasteiger partial charge in [-0.1, -0.05) is 32.4 Å². The Morgan fingerprint density at radius 2 is 1.88 bits per heavy atom. The first-order chi connectivity index (χ1) is 8.17. The molecule has 0 fully saturated rings. The van der Waals surface area contributed by atoms with Gasteiger partial charge in [0.1, 0.15) is 0 Å². The van der Waals surface area contributed by atoms with Crippen LogP contribution in [0.5, 0.6) is 0 Å². The molecule has 0 spiro atoms. The predicted molar refractivity (Wildman–Crippen MR) is 72.4 cm³/mol. The van der Waals surface area contributed by atoms with Crippen molar-refractivity contribution in [3.63, 3.8) is 0 Å². The summed E-state index contributed by atoms with van der Waals surface area (Å²) >= 11 is 0. The highest BCUT2D eigenvalue weighted by Gasteiger charge is 2.07. The SMILES string of the molecule is CCCCN(C)C(=O)Nc1ccc(CC)cc1. The lowest BCUT2D eigenvalue weighted by atomic mass is 10.1. The Hall–Kier alpha value is -1.51. The number of nitrogens with zero attached hydrogens (tertiary/aromatic N) is 1. The number of hydrogen-bond acceptors (Lipinski definition) is 1. The highest BCUT2D eigenvalue weighted by molar-refractivity contribution is 5.89. The van der Waals surface area contributed by atoms with Crippen LogP contribution in [-0.4, -0.2) is 24.5 Å². The summed E-state index contributed by atoms with van der Waals surface area (Å²) in [6.07, 6.45) is 3.16. The van der Waals surface area contributed by atoms with Gasteiger partial charge >= 0.3 is 6.03 Å². The lowest BCUT2D eigenvalue weighted by Crippen LogP contribution is -2.32. The van der Waals surface area contributed by atoms with E-state index in [0.29, 0.717) is 0 Å². The molecule has 2 amide bonds. The summed E-state index contributed by atoms with van der Waals surface area (Å²) in [5.74, 6) is 0. The molecule has 0 saturated carbocycles. The molecule has 3 heteroatoms. The van der Waals surface area contributed by atoms with Gasteiger partial charge in [-0.15, -0.1) is 0 Å². The van der Waals surface area contributed by atoms with Gasteiger partial charge in [-0.25, -0.2) is 4.79 Å². The van der Waals surface area contributed by atoms with Gasteiger partial charge in [0, 0.05) is 19.3 Å². The number of nitrogens with one attached hydrogen (secondary N) is 1. The number of benzene rings is 1. The van der Waals surface area contributed by atoms with Gasteiger partial charge in [-0.3, -0.25) is 0 Å². The first-order valence-electron chi connectivity index (χ1n) is 6.28. The van der Waals surface area contributed by atoms with Gasteiger partial charge in [0.25, 0.3) is 0 Å². The van der Waals surface area contributed by atoms with Gasteiger partial charge in [-0.05, 0) is 30.5 Å². The van der Waals surface area contributed by atoms with Crippen LogP contribution in [0.1, 0.15) is 32.3 Å². The number of urea groups is 1. The van der Waals surface area contributed by atoms with E-state index in [4.69, 9.17) is 0 Å².